The van der Waals surface area contributed by atoms with E-state index >= 15 is 0 Å². The number of imidazole rings is 2. The van der Waals surface area contributed by atoms with Gasteiger partial charge in [-0.15, -0.1) is 0 Å². The van der Waals surface area contributed by atoms with Crippen molar-refractivity contribution < 1.29 is 14.5 Å². The third kappa shape index (κ3) is 3.83. The van der Waals surface area contributed by atoms with Crippen LogP contribution in [0.2, 0.25) is 0 Å². The van der Waals surface area contributed by atoms with Crippen LogP contribution in [0.15, 0.2) is 61.1 Å². The first-order valence-corrected chi connectivity index (χ1v) is 9.63. The average Bonchev–Trinajstić information content (AvgIpc) is 3.47. The second kappa shape index (κ2) is 7.85. The van der Waals surface area contributed by atoms with Gasteiger partial charge in [-0.3, -0.25) is 35.3 Å². The summed E-state index contributed by atoms with van der Waals surface area (Å²) in [5.74, 6) is -0.506. The minimum absolute atomic E-state index is 0.0596. The van der Waals surface area contributed by atoms with E-state index in [1.807, 2.05) is 0 Å². The maximum Gasteiger partial charge on any atom is 0.276 e. The van der Waals surface area contributed by atoms with Crippen molar-refractivity contribution in [2.24, 2.45) is 0 Å². The third-order valence-electron chi connectivity index (χ3n) is 4.87. The van der Waals surface area contributed by atoms with Crippen LogP contribution >= 0.6 is 0 Å². The molecule has 0 radical (unpaired) electrons. The number of amides is 2. The molecule has 0 fully saturated rings. The number of carbonyl (C=O) groups is 2. The summed E-state index contributed by atoms with van der Waals surface area (Å²) in [6, 6.07) is 10.8. The number of benzene rings is 2. The number of nitro groups is 1. The zero-order chi connectivity index (χ0) is 22.9. The highest BCUT2D eigenvalue weighted by Gasteiger charge is 2.17. The molecule has 3 aromatic heterocycles. The van der Waals surface area contributed by atoms with Gasteiger partial charge in [0.2, 0.25) is 11.9 Å². The quantitative estimate of drug-likeness (QED) is 0.239. The summed E-state index contributed by atoms with van der Waals surface area (Å²) in [6.45, 7) is 0. The molecule has 162 valence electrons. The Morgan fingerprint density at radius 3 is 2.61 bits per heavy atom. The Balaban J connectivity index is 1.39. The van der Waals surface area contributed by atoms with Gasteiger partial charge in [-0.1, -0.05) is 6.07 Å². The Hall–Kier alpha value is -5.13. The van der Waals surface area contributed by atoms with Crippen molar-refractivity contribution in [3.8, 4) is 0 Å². The molecule has 0 unspecified atom stereocenters. The molecule has 33 heavy (non-hydrogen) atoms. The van der Waals surface area contributed by atoms with Gasteiger partial charge in [-0.05, 0) is 29.7 Å². The van der Waals surface area contributed by atoms with Gasteiger partial charge in [-0.25, -0.2) is 9.97 Å². The summed E-state index contributed by atoms with van der Waals surface area (Å²) in [5, 5.41) is 17.4. The van der Waals surface area contributed by atoms with Gasteiger partial charge in [0.05, 0.1) is 16.0 Å². The maximum atomic E-state index is 12.7. The number of aromatic nitrogens is 5. The number of non-ortho nitro benzene ring substituents is 1. The first-order valence-electron chi connectivity index (χ1n) is 9.63. The Bertz CT molecular complexity index is 1540. The highest BCUT2D eigenvalue weighted by molar-refractivity contribution is 6.11. The highest BCUT2D eigenvalue weighted by atomic mass is 16.6. The minimum Gasteiger partial charge on any atom is -0.331 e. The topological polar surface area (TPSA) is 172 Å². The van der Waals surface area contributed by atoms with E-state index in [2.05, 4.69) is 35.6 Å². The monoisotopic (exact) mass is 442 g/mol. The van der Waals surface area contributed by atoms with Crippen LogP contribution in [-0.2, 0) is 0 Å². The van der Waals surface area contributed by atoms with Gasteiger partial charge < -0.3 is 9.97 Å². The number of rotatable bonds is 5. The van der Waals surface area contributed by atoms with Gasteiger partial charge >= 0.3 is 0 Å². The zero-order valence-corrected chi connectivity index (χ0v) is 16.7. The molecule has 12 heteroatoms. The number of nitrogens with one attached hydrogen (secondary N) is 4. The molecule has 0 aliphatic carbocycles. The number of para-hydroxylation sites is 1. The first-order chi connectivity index (χ1) is 16.0. The van der Waals surface area contributed by atoms with Crippen molar-refractivity contribution >= 4 is 51.2 Å². The number of hydrogen-bond acceptors (Lipinski definition) is 7. The third-order valence-corrected chi connectivity index (χ3v) is 4.87. The second-order valence-electron chi connectivity index (χ2n) is 6.99. The van der Waals surface area contributed by atoms with Crippen LogP contribution in [0.25, 0.3) is 21.8 Å². The minimum atomic E-state index is -0.532. The predicted octanol–water partition coefficient (Wildman–Crippen LogP) is 3.25. The van der Waals surface area contributed by atoms with Crippen LogP contribution < -0.4 is 10.6 Å². The number of H-pyrrole nitrogens is 2. The standard InChI is InChI=1S/C21H14N8O4/c30-18(27-20-22-6-7-23-20)14-2-1-3-15-17(14)26-21(25-15)28-19(31)16-9-11-4-5-13(29(32)33)8-12(11)10-24-16/h1-10H,(H2,22,23,27,30)(H2,25,26,28,31). The largest absolute Gasteiger partial charge is 0.331 e. The SMILES string of the molecule is O=C(Nc1nc2c(C(=O)Nc3ncc[nH]3)cccc2[nH]1)c1cc2ccc([N+](=O)[O-])cc2cn1. The highest BCUT2D eigenvalue weighted by Crippen LogP contribution is 2.22. The summed E-state index contributed by atoms with van der Waals surface area (Å²) in [5.41, 5.74) is 1.26. The van der Waals surface area contributed by atoms with Gasteiger partial charge in [0.15, 0.2) is 0 Å². The Morgan fingerprint density at radius 2 is 1.82 bits per heavy atom. The number of nitro benzene ring substituents is 1. The van der Waals surface area contributed by atoms with Crippen molar-refractivity contribution in [2.75, 3.05) is 10.6 Å². The summed E-state index contributed by atoms with van der Waals surface area (Å²) in [7, 11) is 0. The van der Waals surface area contributed by atoms with E-state index < -0.39 is 16.7 Å². The molecule has 0 saturated heterocycles. The Kier molecular flexibility index (Phi) is 4.71. The molecule has 4 N–H and O–H groups in total. The van der Waals surface area contributed by atoms with Crippen LogP contribution in [0.5, 0.6) is 0 Å². The molecular formula is C21H14N8O4. The molecule has 3 heterocycles. The fraction of sp³-hybridized carbons (Fsp3) is 0. The molecule has 2 amide bonds. The Labute approximate surface area is 184 Å². The average molecular weight is 442 g/mol. The van der Waals surface area contributed by atoms with E-state index in [0.29, 0.717) is 33.3 Å². The van der Waals surface area contributed by atoms with Crippen LogP contribution in [0.1, 0.15) is 20.8 Å². The lowest BCUT2D eigenvalue weighted by Gasteiger charge is -2.03. The molecule has 0 aliphatic rings. The van der Waals surface area contributed by atoms with Crippen molar-refractivity contribution in [1.29, 1.82) is 0 Å². The van der Waals surface area contributed by atoms with Crippen molar-refractivity contribution in [1.82, 2.24) is 24.9 Å². The lowest BCUT2D eigenvalue weighted by Crippen LogP contribution is -2.15. The number of pyridine rings is 1. The summed E-state index contributed by atoms with van der Waals surface area (Å²) < 4.78 is 0. The lowest BCUT2D eigenvalue weighted by molar-refractivity contribution is -0.384. The Morgan fingerprint density at radius 1 is 0.970 bits per heavy atom. The number of aromatic amines is 2. The number of hydrogen-bond donors (Lipinski definition) is 4. The maximum absolute atomic E-state index is 12.7. The van der Waals surface area contributed by atoms with Crippen LogP contribution in [0, 0.1) is 10.1 Å². The molecule has 0 bridgehead atoms. The second-order valence-corrected chi connectivity index (χ2v) is 6.99. The molecule has 2 aromatic carbocycles. The predicted molar refractivity (Wildman–Crippen MR) is 119 cm³/mol. The van der Waals surface area contributed by atoms with Crippen LogP contribution in [-0.4, -0.2) is 41.7 Å². The number of carbonyl (C=O) groups excluding carboxylic acids is 2. The smallest absolute Gasteiger partial charge is 0.276 e. The molecule has 0 aliphatic heterocycles. The zero-order valence-electron chi connectivity index (χ0n) is 16.7. The fourth-order valence-electron chi connectivity index (χ4n) is 3.32. The van der Waals surface area contributed by atoms with Gasteiger partial charge in [0, 0.05) is 36.1 Å². The van der Waals surface area contributed by atoms with Crippen molar-refractivity contribution in [2.45, 2.75) is 0 Å². The summed E-state index contributed by atoms with van der Waals surface area (Å²) >= 11 is 0. The molecule has 0 spiro atoms. The van der Waals surface area contributed by atoms with E-state index in [1.165, 1.54) is 30.6 Å². The molecular weight excluding hydrogens is 428 g/mol. The van der Waals surface area contributed by atoms with E-state index in [4.69, 9.17) is 0 Å². The van der Waals surface area contributed by atoms with E-state index in [0.717, 1.165) is 0 Å². The molecule has 12 nitrogen and oxygen atoms in total. The molecule has 5 rings (SSSR count). The van der Waals surface area contributed by atoms with Gasteiger partial charge in [0.25, 0.3) is 17.5 Å². The fourth-order valence-corrected chi connectivity index (χ4v) is 3.32. The van der Waals surface area contributed by atoms with E-state index in [-0.39, 0.29) is 17.3 Å². The van der Waals surface area contributed by atoms with Crippen molar-refractivity contribution in [3.63, 3.8) is 0 Å². The van der Waals surface area contributed by atoms with Crippen molar-refractivity contribution in [3.05, 3.63) is 82.4 Å². The van der Waals surface area contributed by atoms with Crippen LogP contribution in [0.4, 0.5) is 17.6 Å². The van der Waals surface area contributed by atoms with Gasteiger partial charge in [-0.2, -0.15) is 0 Å². The van der Waals surface area contributed by atoms with E-state index in [9.17, 15) is 19.7 Å². The molecule has 5 aromatic rings. The number of fused-ring (bicyclic) bond motifs is 2. The van der Waals surface area contributed by atoms with E-state index in [1.54, 1.807) is 30.5 Å². The molecule has 0 saturated carbocycles. The summed E-state index contributed by atoms with van der Waals surface area (Å²) in [6.07, 6.45) is 4.49. The molecule has 0 atom stereocenters. The number of anilines is 2. The summed E-state index contributed by atoms with van der Waals surface area (Å²) in [4.78, 5) is 53.9. The lowest BCUT2D eigenvalue weighted by atomic mass is 10.1. The normalized spacial score (nSPS) is 10.9. The van der Waals surface area contributed by atoms with Crippen LogP contribution in [0.3, 0.4) is 0 Å². The first kappa shape index (κ1) is 19.8. The van der Waals surface area contributed by atoms with Gasteiger partial charge in [0.1, 0.15) is 11.2 Å². The number of nitrogens with zero attached hydrogens (tertiary/aromatic N) is 4.